The van der Waals surface area contributed by atoms with Crippen LogP contribution in [-0.2, 0) is 42.9 Å². The van der Waals surface area contributed by atoms with Gasteiger partial charge in [-0.15, -0.1) is 0 Å². The van der Waals surface area contributed by atoms with Gasteiger partial charge in [-0.2, -0.15) is 0 Å². The number of unbranched alkanes of at least 4 members (excludes halogenated alkanes) is 7. The number of rotatable bonds is 47. The average molecular weight is 1100 g/mol. The Hall–Kier alpha value is -5.66. The molecule has 79 heavy (non-hydrogen) atoms. The first-order chi connectivity index (χ1) is 38.6. The Kier molecular flexibility index (Phi) is 47.9. The Morgan fingerprint density at radius 2 is 0.835 bits per heavy atom. The molecule has 440 valence electrons. The maximum absolute atomic E-state index is 13.1. The van der Waals surface area contributed by atoms with Crippen LogP contribution in [0.15, 0.2) is 158 Å². The summed E-state index contributed by atoms with van der Waals surface area (Å²) in [6.45, 7) is 5.58. The van der Waals surface area contributed by atoms with E-state index >= 15 is 0 Å². The Bertz CT molecular complexity index is 1980. The van der Waals surface area contributed by atoms with Gasteiger partial charge >= 0.3 is 23.9 Å². The zero-order valence-corrected chi connectivity index (χ0v) is 48.3. The number of hydrogen-bond donors (Lipinski definition) is 3. The van der Waals surface area contributed by atoms with Gasteiger partial charge in [-0.25, -0.2) is 4.79 Å². The van der Waals surface area contributed by atoms with Crippen molar-refractivity contribution in [3.8, 4) is 0 Å². The van der Waals surface area contributed by atoms with Gasteiger partial charge in [0.15, 0.2) is 24.6 Å². The molecule has 1 fully saturated rings. The summed E-state index contributed by atoms with van der Waals surface area (Å²) in [5.74, 6) is -3.36. The molecule has 0 radical (unpaired) electrons. The molecule has 0 aromatic heterocycles. The molecule has 0 amide bonds. The predicted octanol–water partition coefficient (Wildman–Crippen LogP) is 15.3. The standard InChI is InChI=1S/C67H100O12/c1-4-7-10-13-16-19-22-25-27-29-30-32-34-37-40-43-46-49-52-55-61(70)78-65-63(72)62(71)64(66(73)74)79-67(65)76-57-58(77-60(69)54-51-48-45-42-39-35-24-21-18-15-12-9-6-3)56-75-59(68)53-50-47-44-41-38-36-33-31-28-26-23-20-17-14-11-8-5-2/h7-8,10-12,15-17,19-21,24-28,30,32-33,36-37,40-41,44,46,49,58,62-65,67,71-72H,4-6,9,13-14,18,22-23,29,31,34-35,38-39,42-43,45,47-48,50-57H2,1-3H3,(H,73,74)/b10-7-,11-8-,15-12-,19-16-,20-17-,24-21-,27-25-,28-26-,32-30-,36-33-,40-37-,44-41-,49-46-. The highest BCUT2D eigenvalue weighted by Gasteiger charge is 2.50. The van der Waals surface area contributed by atoms with Crippen LogP contribution >= 0.6 is 0 Å². The van der Waals surface area contributed by atoms with Gasteiger partial charge in [0, 0.05) is 19.3 Å². The average Bonchev–Trinajstić information content (AvgIpc) is 3.46. The fourth-order valence-electron chi connectivity index (χ4n) is 7.64. The van der Waals surface area contributed by atoms with E-state index in [1.807, 2.05) is 30.4 Å². The van der Waals surface area contributed by atoms with Crippen LogP contribution in [0, 0.1) is 0 Å². The first kappa shape index (κ1) is 71.4. The number of aliphatic carboxylic acids is 1. The van der Waals surface area contributed by atoms with Crippen molar-refractivity contribution >= 4 is 23.9 Å². The Labute approximate surface area is 475 Å². The minimum Gasteiger partial charge on any atom is -0.479 e. The summed E-state index contributed by atoms with van der Waals surface area (Å²) in [6, 6.07) is 0. The van der Waals surface area contributed by atoms with Crippen molar-refractivity contribution < 1.29 is 58.2 Å². The molecule has 1 aliphatic rings. The van der Waals surface area contributed by atoms with Gasteiger partial charge in [0.25, 0.3) is 0 Å². The highest BCUT2D eigenvalue weighted by Crippen LogP contribution is 2.26. The largest absolute Gasteiger partial charge is 0.479 e. The van der Waals surface area contributed by atoms with Gasteiger partial charge in [-0.3, -0.25) is 14.4 Å². The fraction of sp³-hybridized carbons (Fsp3) is 0.552. The summed E-state index contributed by atoms with van der Waals surface area (Å²) in [4.78, 5) is 51.1. The fourth-order valence-corrected chi connectivity index (χ4v) is 7.64. The van der Waals surface area contributed by atoms with E-state index in [1.54, 1.807) is 0 Å². The Morgan fingerprint density at radius 3 is 1.30 bits per heavy atom. The molecule has 12 heteroatoms. The van der Waals surface area contributed by atoms with Crippen LogP contribution in [0.1, 0.15) is 188 Å². The quantitative estimate of drug-likeness (QED) is 0.0228. The number of ether oxygens (including phenoxy) is 5. The van der Waals surface area contributed by atoms with Crippen molar-refractivity contribution in [3.05, 3.63) is 158 Å². The van der Waals surface area contributed by atoms with E-state index in [2.05, 4.69) is 148 Å². The second-order valence-corrected chi connectivity index (χ2v) is 19.2. The highest BCUT2D eigenvalue weighted by molar-refractivity contribution is 5.74. The van der Waals surface area contributed by atoms with Gasteiger partial charge in [0.05, 0.1) is 6.61 Å². The normalized spacial score (nSPS) is 19.0. The van der Waals surface area contributed by atoms with Crippen LogP contribution in [0.2, 0.25) is 0 Å². The van der Waals surface area contributed by atoms with Gasteiger partial charge in [-0.1, -0.05) is 204 Å². The van der Waals surface area contributed by atoms with Crippen molar-refractivity contribution in [1.82, 2.24) is 0 Å². The van der Waals surface area contributed by atoms with E-state index in [-0.39, 0.29) is 25.9 Å². The second kappa shape index (κ2) is 53.0. The lowest BCUT2D eigenvalue weighted by Crippen LogP contribution is -2.61. The molecule has 1 aliphatic heterocycles. The summed E-state index contributed by atoms with van der Waals surface area (Å²) in [5, 5.41) is 31.5. The van der Waals surface area contributed by atoms with Gasteiger partial charge in [0.2, 0.25) is 0 Å². The molecule has 1 rings (SSSR count). The molecule has 12 nitrogen and oxygen atoms in total. The molecular formula is C67H100O12. The molecule has 6 unspecified atom stereocenters. The van der Waals surface area contributed by atoms with Crippen LogP contribution in [-0.4, -0.2) is 89.2 Å². The molecule has 3 N–H and O–H groups in total. The number of carboxylic acids is 1. The topological polar surface area (TPSA) is 175 Å². The van der Waals surface area contributed by atoms with Crippen LogP contribution in [0.25, 0.3) is 0 Å². The van der Waals surface area contributed by atoms with Crippen molar-refractivity contribution in [2.45, 2.75) is 225 Å². The van der Waals surface area contributed by atoms with Gasteiger partial charge < -0.3 is 39.0 Å². The van der Waals surface area contributed by atoms with E-state index in [0.29, 0.717) is 32.1 Å². The van der Waals surface area contributed by atoms with E-state index in [1.165, 1.54) is 0 Å². The summed E-state index contributed by atoms with van der Waals surface area (Å²) in [6.07, 6.45) is 65.1. The number of aliphatic hydroxyl groups excluding tert-OH is 2. The molecule has 1 saturated heterocycles. The van der Waals surface area contributed by atoms with Crippen LogP contribution in [0.5, 0.6) is 0 Å². The maximum atomic E-state index is 13.1. The molecule has 0 saturated carbocycles. The molecule has 0 aromatic rings. The molecule has 6 atom stereocenters. The SMILES string of the molecule is CC/C=C\C/C=C\C/C=C\C/C=C\C/C=C\C/C=C\CCC(=O)OC1C(OCC(COC(=O)CCC/C=C\C/C=C\C/C=C\C/C=C\C/C=C\CC)OC(=O)CCCCCCC/C=C\C/C=C\CCC)OC(C(=O)O)C(O)C1O. The van der Waals surface area contributed by atoms with E-state index in [4.69, 9.17) is 23.7 Å². The Balaban J connectivity index is 2.79. The van der Waals surface area contributed by atoms with Crippen molar-refractivity contribution in [2.24, 2.45) is 0 Å². The third kappa shape index (κ3) is 42.9. The summed E-state index contributed by atoms with van der Waals surface area (Å²) >= 11 is 0. The monoisotopic (exact) mass is 1100 g/mol. The lowest BCUT2D eigenvalue weighted by molar-refractivity contribution is -0.301. The van der Waals surface area contributed by atoms with E-state index in [0.717, 1.165) is 116 Å². The van der Waals surface area contributed by atoms with Gasteiger partial charge in [0.1, 0.15) is 18.8 Å². The number of allylic oxidation sites excluding steroid dienone is 26. The van der Waals surface area contributed by atoms with Crippen molar-refractivity contribution in [1.29, 1.82) is 0 Å². The van der Waals surface area contributed by atoms with Crippen molar-refractivity contribution in [2.75, 3.05) is 13.2 Å². The number of carbonyl (C=O) groups is 4. The number of carbonyl (C=O) groups excluding carboxylic acids is 3. The predicted molar refractivity (Wildman–Crippen MR) is 321 cm³/mol. The zero-order chi connectivity index (χ0) is 57.5. The first-order valence-corrected chi connectivity index (χ1v) is 29.5. The lowest BCUT2D eigenvalue weighted by atomic mass is 9.98. The van der Waals surface area contributed by atoms with Gasteiger partial charge in [-0.05, 0) is 122 Å². The minimum atomic E-state index is -1.95. The maximum Gasteiger partial charge on any atom is 0.335 e. The summed E-state index contributed by atoms with van der Waals surface area (Å²) in [5.41, 5.74) is 0. The number of hydrogen-bond acceptors (Lipinski definition) is 11. The molecule has 0 aliphatic carbocycles. The highest BCUT2D eigenvalue weighted by atomic mass is 16.7. The number of esters is 3. The lowest BCUT2D eigenvalue weighted by Gasteiger charge is -2.40. The summed E-state index contributed by atoms with van der Waals surface area (Å²) in [7, 11) is 0. The van der Waals surface area contributed by atoms with E-state index in [9.17, 15) is 34.5 Å². The number of carboxylic acid groups (broad SMARTS) is 1. The van der Waals surface area contributed by atoms with Crippen LogP contribution < -0.4 is 0 Å². The molecule has 1 heterocycles. The van der Waals surface area contributed by atoms with E-state index < -0.39 is 67.3 Å². The molecule has 0 spiro atoms. The molecule has 0 bridgehead atoms. The molecular weight excluding hydrogens is 997 g/mol. The molecule has 0 aromatic carbocycles. The smallest absolute Gasteiger partial charge is 0.335 e. The first-order valence-electron chi connectivity index (χ1n) is 29.5. The second-order valence-electron chi connectivity index (χ2n) is 19.2. The third-order valence-electron chi connectivity index (χ3n) is 12.1. The number of aliphatic hydroxyl groups is 2. The Morgan fingerprint density at radius 1 is 0.430 bits per heavy atom. The minimum absolute atomic E-state index is 0.0815. The van der Waals surface area contributed by atoms with Crippen LogP contribution in [0.3, 0.4) is 0 Å². The third-order valence-corrected chi connectivity index (χ3v) is 12.1. The van der Waals surface area contributed by atoms with Crippen LogP contribution in [0.4, 0.5) is 0 Å². The van der Waals surface area contributed by atoms with Crippen molar-refractivity contribution in [3.63, 3.8) is 0 Å². The summed E-state index contributed by atoms with van der Waals surface area (Å²) < 4.78 is 28.2. The zero-order valence-electron chi connectivity index (χ0n) is 48.3.